The molecule has 2 aromatic heterocycles. The number of amides is 1. The van der Waals surface area contributed by atoms with E-state index in [1.165, 1.54) is 18.3 Å². The number of carbonyl (C=O) groups excluding carboxylic acids is 1. The summed E-state index contributed by atoms with van der Waals surface area (Å²) in [4.78, 5) is 20.1. The highest BCUT2D eigenvalue weighted by molar-refractivity contribution is 6.03. The molecule has 0 aliphatic carbocycles. The molecule has 25 heavy (non-hydrogen) atoms. The summed E-state index contributed by atoms with van der Waals surface area (Å²) in [5.74, 6) is -2.39. The van der Waals surface area contributed by atoms with Gasteiger partial charge in [0.1, 0.15) is 23.0 Å². The standard InChI is InChI=1S/C18H14F2N4O/c19-14-2-1-3-15(20)17(14)24-18(25)16-10-13(6-9-22-16)23-11-12-4-7-21-8-5-12/h1-10H,11H2,(H,22,23)(H,24,25). The van der Waals surface area contributed by atoms with Crippen molar-refractivity contribution in [2.24, 2.45) is 0 Å². The average molecular weight is 340 g/mol. The van der Waals surface area contributed by atoms with Crippen LogP contribution in [0.3, 0.4) is 0 Å². The molecule has 3 rings (SSSR count). The van der Waals surface area contributed by atoms with Gasteiger partial charge in [-0.3, -0.25) is 14.8 Å². The van der Waals surface area contributed by atoms with Gasteiger partial charge in [-0.05, 0) is 42.0 Å². The molecule has 0 aliphatic heterocycles. The molecule has 7 heteroatoms. The number of para-hydroxylation sites is 1. The number of halogens is 2. The minimum Gasteiger partial charge on any atom is -0.381 e. The highest BCUT2D eigenvalue weighted by Crippen LogP contribution is 2.19. The van der Waals surface area contributed by atoms with Crippen LogP contribution in [0.1, 0.15) is 16.1 Å². The lowest BCUT2D eigenvalue weighted by atomic mass is 10.2. The van der Waals surface area contributed by atoms with E-state index in [1.54, 1.807) is 18.5 Å². The van der Waals surface area contributed by atoms with E-state index >= 15 is 0 Å². The Morgan fingerprint density at radius 2 is 1.72 bits per heavy atom. The summed E-state index contributed by atoms with van der Waals surface area (Å²) in [6.07, 6.45) is 4.82. The molecule has 1 aromatic carbocycles. The van der Waals surface area contributed by atoms with Crippen molar-refractivity contribution < 1.29 is 13.6 Å². The maximum absolute atomic E-state index is 13.6. The van der Waals surface area contributed by atoms with Gasteiger partial charge in [-0.25, -0.2) is 8.78 Å². The largest absolute Gasteiger partial charge is 0.381 e. The summed E-state index contributed by atoms with van der Waals surface area (Å²) in [5.41, 5.74) is 1.23. The summed E-state index contributed by atoms with van der Waals surface area (Å²) in [7, 11) is 0. The van der Waals surface area contributed by atoms with E-state index in [0.29, 0.717) is 12.2 Å². The third-order valence-corrected chi connectivity index (χ3v) is 3.44. The second-order valence-corrected chi connectivity index (χ2v) is 5.19. The first-order chi connectivity index (χ1) is 12.1. The van der Waals surface area contributed by atoms with Gasteiger partial charge in [0.05, 0.1) is 0 Å². The summed E-state index contributed by atoms with van der Waals surface area (Å²) in [5, 5.41) is 5.36. The van der Waals surface area contributed by atoms with Crippen LogP contribution in [0.4, 0.5) is 20.2 Å². The van der Waals surface area contributed by atoms with Gasteiger partial charge in [0.2, 0.25) is 0 Å². The molecule has 0 spiro atoms. The fourth-order valence-electron chi connectivity index (χ4n) is 2.16. The molecule has 5 nitrogen and oxygen atoms in total. The molecule has 3 aromatic rings. The fraction of sp³-hybridized carbons (Fsp3) is 0.0556. The van der Waals surface area contributed by atoms with Crippen LogP contribution in [0.25, 0.3) is 0 Å². The Labute approximate surface area is 142 Å². The van der Waals surface area contributed by atoms with Crippen molar-refractivity contribution in [3.05, 3.63) is 83.9 Å². The summed E-state index contributed by atoms with van der Waals surface area (Å²) >= 11 is 0. The number of carbonyl (C=O) groups is 1. The van der Waals surface area contributed by atoms with Crippen LogP contribution >= 0.6 is 0 Å². The average Bonchev–Trinajstić information content (AvgIpc) is 2.64. The molecule has 0 unspecified atom stereocenters. The van der Waals surface area contributed by atoms with Crippen LogP contribution in [0.2, 0.25) is 0 Å². The molecule has 2 N–H and O–H groups in total. The van der Waals surface area contributed by atoms with E-state index in [0.717, 1.165) is 17.7 Å². The lowest BCUT2D eigenvalue weighted by Crippen LogP contribution is -2.16. The van der Waals surface area contributed by atoms with Crippen LogP contribution in [0.15, 0.2) is 61.1 Å². The van der Waals surface area contributed by atoms with Crippen LogP contribution in [0.5, 0.6) is 0 Å². The minimum atomic E-state index is -0.847. The molecule has 126 valence electrons. The fourth-order valence-corrected chi connectivity index (χ4v) is 2.16. The van der Waals surface area contributed by atoms with Crippen molar-refractivity contribution in [2.75, 3.05) is 10.6 Å². The molecule has 0 saturated carbocycles. The molecule has 0 fully saturated rings. The minimum absolute atomic E-state index is 0.0439. The van der Waals surface area contributed by atoms with Crippen LogP contribution in [-0.4, -0.2) is 15.9 Å². The van der Waals surface area contributed by atoms with Crippen molar-refractivity contribution in [3.63, 3.8) is 0 Å². The van der Waals surface area contributed by atoms with Gasteiger partial charge in [-0.15, -0.1) is 0 Å². The second kappa shape index (κ2) is 7.48. The molecule has 0 bridgehead atoms. The maximum atomic E-state index is 13.6. The Morgan fingerprint density at radius 1 is 1.00 bits per heavy atom. The lowest BCUT2D eigenvalue weighted by Gasteiger charge is -2.09. The van der Waals surface area contributed by atoms with Gasteiger partial charge < -0.3 is 10.6 Å². The number of hydrogen-bond donors (Lipinski definition) is 2. The first-order valence-electron chi connectivity index (χ1n) is 7.47. The second-order valence-electron chi connectivity index (χ2n) is 5.19. The van der Waals surface area contributed by atoms with Gasteiger partial charge in [-0.1, -0.05) is 6.07 Å². The predicted molar refractivity (Wildman–Crippen MR) is 90.1 cm³/mol. The Balaban J connectivity index is 1.71. The first-order valence-corrected chi connectivity index (χ1v) is 7.47. The van der Waals surface area contributed by atoms with E-state index in [-0.39, 0.29) is 5.69 Å². The van der Waals surface area contributed by atoms with Crippen LogP contribution in [-0.2, 0) is 6.54 Å². The third-order valence-electron chi connectivity index (χ3n) is 3.44. The Kier molecular flexibility index (Phi) is 4.94. The van der Waals surface area contributed by atoms with Gasteiger partial charge in [0, 0.05) is 30.8 Å². The maximum Gasteiger partial charge on any atom is 0.274 e. The van der Waals surface area contributed by atoms with E-state index in [2.05, 4.69) is 20.6 Å². The van der Waals surface area contributed by atoms with Gasteiger partial charge in [0.25, 0.3) is 5.91 Å². The molecule has 1 amide bonds. The third kappa shape index (κ3) is 4.14. The molecule has 2 heterocycles. The molecular weight excluding hydrogens is 326 g/mol. The van der Waals surface area contributed by atoms with Gasteiger partial charge in [0.15, 0.2) is 0 Å². The van der Waals surface area contributed by atoms with Gasteiger partial charge >= 0.3 is 0 Å². The van der Waals surface area contributed by atoms with Crippen molar-refractivity contribution in [1.82, 2.24) is 9.97 Å². The van der Waals surface area contributed by atoms with E-state index in [9.17, 15) is 13.6 Å². The summed E-state index contributed by atoms with van der Waals surface area (Å²) in [6, 6.07) is 10.3. The predicted octanol–water partition coefficient (Wildman–Crippen LogP) is 3.62. The Morgan fingerprint density at radius 3 is 2.44 bits per heavy atom. The number of anilines is 2. The normalized spacial score (nSPS) is 10.3. The van der Waals surface area contributed by atoms with Gasteiger partial charge in [-0.2, -0.15) is 0 Å². The van der Waals surface area contributed by atoms with Crippen molar-refractivity contribution in [3.8, 4) is 0 Å². The van der Waals surface area contributed by atoms with E-state index < -0.39 is 23.2 Å². The van der Waals surface area contributed by atoms with Crippen molar-refractivity contribution in [2.45, 2.75) is 6.54 Å². The van der Waals surface area contributed by atoms with E-state index in [1.807, 2.05) is 12.1 Å². The number of nitrogens with one attached hydrogen (secondary N) is 2. The van der Waals surface area contributed by atoms with Crippen molar-refractivity contribution in [1.29, 1.82) is 0 Å². The molecule has 0 radical (unpaired) electrons. The number of aromatic nitrogens is 2. The molecule has 0 aliphatic rings. The molecule has 0 atom stereocenters. The molecule has 0 saturated heterocycles. The van der Waals surface area contributed by atoms with Crippen molar-refractivity contribution >= 4 is 17.3 Å². The first kappa shape index (κ1) is 16.5. The zero-order valence-electron chi connectivity index (χ0n) is 13.0. The SMILES string of the molecule is O=C(Nc1c(F)cccc1F)c1cc(NCc2ccncc2)ccn1. The van der Waals surface area contributed by atoms with E-state index in [4.69, 9.17) is 0 Å². The summed E-state index contributed by atoms with van der Waals surface area (Å²) < 4.78 is 27.2. The zero-order valence-corrected chi connectivity index (χ0v) is 13.0. The zero-order chi connectivity index (χ0) is 17.6. The number of benzene rings is 1. The highest BCUT2D eigenvalue weighted by Gasteiger charge is 2.14. The topological polar surface area (TPSA) is 66.9 Å². The van der Waals surface area contributed by atoms with Crippen LogP contribution < -0.4 is 10.6 Å². The number of pyridine rings is 2. The Hall–Kier alpha value is -3.35. The number of rotatable bonds is 5. The quantitative estimate of drug-likeness (QED) is 0.744. The Bertz CT molecular complexity index is 867. The monoisotopic (exact) mass is 340 g/mol. The lowest BCUT2D eigenvalue weighted by molar-refractivity contribution is 0.102. The number of nitrogens with zero attached hydrogens (tertiary/aromatic N) is 2. The molecular formula is C18H14F2N4O. The summed E-state index contributed by atoms with van der Waals surface area (Å²) in [6.45, 7) is 0.537. The van der Waals surface area contributed by atoms with Crippen LogP contribution in [0, 0.1) is 11.6 Å². The highest BCUT2D eigenvalue weighted by atomic mass is 19.1. The number of hydrogen-bond acceptors (Lipinski definition) is 4. The smallest absolute Gasteiger partial charge is 0.274 e.